The number of amides is 3. The molecule has 3 aromatic rings. The Balaban J connectivity index is 1.25. The van der Waals surface area contributed by atoms with Gasteiger partial charge < -0.3 is 10.2 Å². The van der Waals surface area contributed by atoms with E-state index in [1.165, 1.54) is 12.8 Å². The van der Waals surface area contributed by atoms with E-state index in [4.69, 9.17) is 4.98 Å². The lowest BCUT2D eigenvalue weighted by Crippen LogP contribution is -2.73. The second-order valence-electron chi connectivity index (χ2n) is 11.5. The molecule has 8 rings (SSSR count). The van der Waals surface area contributed by atoms with Crippen molar-refractivity contribution in [1.29, 1.82) is 0 Å². The minimum atomic E-state index is -0.914. The van der Waals surface area contributed by atoms with Crippen LogP contribution >= 0.6 is 0 Å². The predicted molar refractivity (Wildman–Crippen MR) is 141 cm³/mol. The summed E-state index contributed by atoms with van der Waals surface area (Å²) in [5.41, 5.74) is 5.24. The fourth-order valence-corrected chi connectivity index (χ4v) is 6.51. The number of H-pyrrole nitrogens is 1. The molecule has 4 fully saturated rings. The average Bonchev–Trinajstić information content (AvgIpc) is 3.58. The number of pyridine rings is 1. The lowest BCUT2D eigenvalue weighted by molar-refractivity contribution is -0.160. The quantitative estimate of drug-likeness (QED) is 0.433. The van der Waals surface area contributed by atoms with Gasteiger partial charge in [0, 0.05) is 36.2 Å². The number of carbonyl (C=O) groups is 3. The number of imide groups is 1. The molecule has 1 saturated carbocycles. The molecular formula is C28H31N7O3. The van der Waals surface area contributed by atoms with Gasteiger partial charge >= 0.3 is 0 Å². The zero-order chi connectivity index (χ0) is 26.2. The Morgan fingerprint density at radius 3 is 2.66 bits per heavy atom. The number of fused-ring (bicyclic) bond motifs is 4. The first-order chi connectivity index (χ1) is 18.3. The topological polar surface area (TPSA) is 123 Å². The lowest BCUT2D eigenvalue weighted by Gasteiger charge is -2.53. The number of likely N-dealkylation sites (tertiary alicyclic amines) is 1. The lowest BCUT2D eigenvalue weighted by atomic mass is 9.63. The minimum absolute atomic E-state index is 0.147. The number of piperidine rings is 2. The van der Waals surface area contributed by atoms with Crippen LogP contribution in [0.2, 0.25) is 0 Å². The van der Waals surface area contributed by atoms with Crippen LogP contribution in [0.15, 0.2) is 24.3 Å². The van der Waals surface area contributed by atoms with E-state index in [9.17, 15) is 14.4 Å². The third-order valence-electron chi connectivity index (χ3n) is 8.54. The van der Waals surface area contributed by atoms with Gasteiger partial charge in [0.2, 0.25) is 5.91 Å². The maximum Gasteiger partial charge on any atom is 0.255 e. The van der Waals surface area contributed by atoms with E-state index in [0.717, 1.165) is 58.9 Å². The van der Waals surface area contributed by atoms with Crippen LogP contribution in [0.3, 0.4) is 0 Å². The zero-order valence-electron chi connectivity index (χ0n) is 21.6. The maximum atomic E-state index is 13.4. The van der Waals surface area contributed by atoms with Gasteiger partial charge in [-0.05, 0) is 81.9 Å². The van der Waals surface area contributed by atoms with Crippen molar-refractivity contribution in [2.75, 3.05) is 18.4 Å². The summed E-state index contributed by atoms with van der Waals surface area (Å²) < 4.78 is 0. The molecule has 3 saturated heterocycles. The van der Waals surface area contributed by atoms with Crippen molar-refractivity contribution in [3.63, 3.8) is 0 Å². The van der Waals surface area contributed by atoms with Crippen molar-refractivity contribution in [2.45, 2.75) is 64.2 Å². The fourth-order valence-electron chi connectivity index (χ4n) is 6.51. The number of aromatic amines is 1. The van der Waals surface area contributed by atoms with Gasteiger partial charge in [0.15, 0.2) is 5.82 Å². The van der Waals surface area contributed by atoms with Gasteiger partial charge in [0.05, 0.1) is 11.2 Å². The summed E-state index contributed by atoms with van der Waals surface area (Å²) in [6.07, 6.45) is 3.25. The van der Waals surface area contributed by atoms with E-state index in [2.05, 4.69) is 45.6 Å². The van der Waals surface area contributed by atoms with Gasteiger partial charge in [-0.15, -0.1) is 0 Å². The Bertz CT molecular complexity index is 1500. The predicted octanol–water partition coefficient (Wildman–Crippen LogP) is 2.80. The summed E-state index contributed by atoms with van der Waals surface area (Å²) in [6.45, 7) is 7.50. The molecule has 0 unspecified atom stereocenters. The number of anilines is 1. The van der Waals surface area contributed by atoms with Gasteiger partial charge in [-0.3, -0.25) is 29.7 Å². The normalized spacial score (nSPS) is 24.8. The first-order valence-electron chi connectivity index (χ1n) is 13.5. The highest BCUT2D eigenvalue weighted by Gasteiger charge is 2.62. The summed E-state index contributed by atoms with van der Waals surface area (Å²) >= 11 is 0. The van der Waals surface area contributed by atoms with Crippen molar-refractivity contribution in [3.8, 4) is 11.3 Å². The van der Waals surface area contributed by atoms with Crippen LogP contribution in [0, 0.1) is 5.92 Å². The summed E-state index contributed by atoms with van der Waals surface area (Å²) in [5.74, 6) is -0.173. The second-order valence-corrected chi connectivity index (χ2v) is 11.5. The molecule has 1 aromatic carbocycles. The molecule has 196 valence electrons. The molecule has 0 atom stereocenters. The molecule has 1 aliphatic carbocycles. The Labute approximate surface area is 220 Å². The number of rotatable bonds is 6. The Morgan fingerprint density at radius 2 is 1.92 bits per heavy atom. The van der Waals surface area contributed by atoms with Crippen LogP contribution in [-0.4, -0.2) is 67.4 Å². The maximum absolute atomic E-state index is 13.4. The molecule has 3 N–H and O–H groups in total. The summed E-state index contributed by atoms with van der Waals surface area (Å²) in [6, 6.07) is 8.15. The molecule has 10 heteroatoms. The number of hydrogen-bond donors (Lipinski definition) is 3. The smallest absolute Gasteiger partial charge is 0.255 e. The molecule has 5 aliphatic rings. The molecule has 38 heavy (non-hydrogen) atoms. The third kappa shape index (κ3) is 3.46. The van der Waals surface area contributed by atoms with Crippen LogP contribution in [0.1, 0.15) is 61.0 Å². The fraction of sp³-hybridized carbons (Fsp3) is 0.464. The van der Waals surface area contributed by atoms with Crippen molar-refractivity contribution in [3.05, 3.63) is 41.0 Å². The number of aromatic nitrogens is 3. The molecule has 6 heterocycles. The minimum Gasteiger partial charge on any atom is -0.365 e. The highest BCUT2D eigenvalue weighted by atomic mass is 16.2. The molecular weight excluding hydrogens is 482 g/mol. The van der Waals surface area contributed by atoms with Crippen molar-refractivity contribution in [1.82, 2.24) is 30.3 Å². The Morgan fingerprint density at radius 1 is 1.13 bits per heavy atom. The molecule has 3 amide bonds. The van der Waals surface area contributed by atoms with Gasteiger partial charge in [-0.1, -0.05) is 6.07 Å². The van der Waals surface area contributed by atoms with Crippen LogP contribution in [-0.2, 0) is 22.7 Å². The first kappa shape index (κ1) is 23.3. The van der Waals surface area contributed by atoms with E-state index in [0.29, 0.717) is 24.9 Å². The number of carbonyl (C=O) groups excluding carboxylic acids is 3. The monoisotopic (exact) mass is 513 g/mol. The van der Waals surface area contributed by atoms with Crippen LogP contribution in [0.25, 0.3) is 22.3 Å². The van der Waals surface area contributed by atoms with Crippen molar-refractivity contribution >= 4 is 34.6 Å². The zero-order valence-corrected chi connectivity index (χ0v) is 21.6. The van der Waals surface area contributed by atoms with E-state index < -0.39 is 5.54 Å². The van der Waals surface area contributed by atoms with Gasteiger partial charge in [0.25, 0.3) is 11.8 Å². The van der Waals surface area contributed by atoms with Gasteiger partial charge in [0.1, 0.15) is 11.1 Å². The Kier molecular flexibility index (Phi) is 5.13. The van der Waals surface area contributed by atoms with E-state index in [1.54, 1.807) is 4.90 Å². The molecule has 2 bridgehead atoms. The standard InChI is InChI=1S/C28H31N7O3/c1-15(2)29-24-23-22(32-33-24)18(13-34-7-3-4-8-34)10-21(30-23)16-5-6-20-17(9-16)14-35(26(20)37)28-11-19(12-28)25(36)31-27(28)38/h5-6,9-10,15,19H,3-4,7-8,11-14H2,1-2H3,(H2,29,32,33)(H,31,36,38). The highest BCUT2D eigenvalue weighted by molar-refractivity contribution is 6.11. The molecule has 0 radical (unpaired) electrons. The number of nitrogens with one attached hydrogen (secondary N) is 3. The molecule has 2 aromatic heterocycles. The first-order valence-corrected chi connectivity index (χ1v) is 13.5. The highest BCUT2D eigenvalue weighted by Crippen LogP contribution is 2.49. The average molecular weight is 514 g/mol. The number of nitrogens with zero attached hydrogens (tertiary/aromatic N) is 4. The molecule has 0 spiro atoms. The van der Waals surface area contributed by atoms with Crippen LogP contribution in [0.5, 0.6) is 0 Å². The number of benzene rings is 1. The van der Waals surface area contributed by atoms with E-state index in [1.807, 2.05) is 18.2 Å². The Hall–Kier alpha value is -3.79. The third-order valence-corrected chi connectivity index (χ3v) is 8.54. The van der Waals surface area contributed by atoms with E-state index >= 15 is 0 Å². The van der Waals surface area contributed by atoms with Crippen LogP contribution in [0.4, 0.5) is 5.82 Å². The largest absolute Gasteiger partial charge is 0.365 e. The van der Waals surface area contributed by atoms with Crippen molar-refractivity contribution in [2.24, 2.45) is 5.92 Å². The second kappa shape index (κ2) is 8.36. The number of hydrogen-bond acceptors (Lipinski definition) is 7. The SMILES string of the molecule is CC(C)Nc1n[nH]c2c(CN3CCCC3)cc(-c3ccc4c(c3)CN(C35CC(C3)C(=O)NC5=O)C4=O)nc12. The van der Waals surface area contributed by atoms with Crippen LogP contribution < -0.4 is 10.6 Å². The van der Waals surface area contributed by atoms with E-state index in [-0.39, 0.29) is 29.7 Å². The van der Waals surface area contributed by atoms with Gasteiger partial charge in [-0.2, -0.15) is 5.10 Å². The molecule has 10 nitrogen and oxygen atoms in total. The molecule has 4 aliphatic heterocycles. The summed E-state index contributed by atoms with van der Waals surface area (Å²) in [7, 11) is 0. The summed E-state index contributed by atoms with van der Waals surface area (Å²) in [5, 5.41) is 13.6. The van der Waals surface area contributed by atoms with Gasteiger partial charge in [-0.25, -0.2) is 4.98 Å². The summed E-state index contributed by atoms with van der Waals surface area (Å²) in [4.78, 5) is 47.2. The van der Waals surface area contributed by atoms with Crippen molar-refractivity contribution < 1.29 is 14.4 Å².